The van der Waals surface area contributed by atoms with Crippen LogP contribution in [0.5, 0.6) is 0 Å². The molecule has 0 spiro atoms. The minimum atomic E-state index is -0.301. The lowest BCUT2D eigenvalue weighted by Gasteiger charge is -2.25. The van der Waals surface area contributed by atoms with Crippen LogP contribution in [-0.4, -0.2) is 36.8 Å². The largest absolute Gasteiger partial charge is 0.303 e. The molecule has 4 nitrogen and oxygen atoms in total. The molecule has 0 aliphatic rings. The van der Waals surface area contributed by atoms with Crippen LogP contribution in [0.2, 0.25) is 0 Å². The number of likely N-dealkylation sites (N-methyl/N-ethyl adjacent to an activating group) is 1. The Kier molecular flexibility index (Phi) is 7.54. The highest BCUT2D eigenvalue weighted by molar-refractivity contribution is 5.78. The first-order chi connectivity index (χ1) is 10.2. The quantitative estimate of drug-likeness (QED) is 0.621. The molecule has 1 aromatic rings. The summed E-state index contributed by atoms with van der Waals surface area (Å²) in [5, 5.41) is 0. The van der Waals surface area contributed by atoms with Gasteiger partial charge in [-0.3, -0.25) is 9.69 Å². The second-order valence-corrected chi connectivity index (χ2v) is 5.22. The van der Waals surface area contributed by atoms with Crippen LogP contribution in [0, 0.1) is 0 Å². The summed E-state index contributed by atoms with van der Waals surface area (Å²) in [6.07, 6.45) is 5.34. The average molecular weight is 289 g/mol. The van der Waals surface area contributed by atoms with Crippen molar-refractivity contribution in [3.63, 3.8) is 0 Å². The van der Waals surface area contributed by atoms with E-state index in [1.165, 1.54) is 0 Å². The topological polar surface area (TPSA) is 54.5 Å². The van der Waals surface area contributed by atoms with Crippen molar-refractivity contribution < 1.29 is 14.4 Å². The van der Waals surface area contributed by atoms with Crippen molar-refractivity contribution in [3.8, 4) is 0 Å². The molecule has 1 aromatic carbocycles. The van der Waals surface area contributed by atoms with E-state index in [9.17, 15) is 14.4 Å². The fraction of sp³-hybridized carbons (Fsp3) is 0.471. The summed E-state index contributed by atoms with van der Waals surface area (Å²) >= 11 is 0. The third kappa shape index (κ3) is 4.90. The Labute approximate surface area is 126 Å². The van der Waals surface area contributed by atoms with E-state index in [-0.39, 0.29) is 6.04 Å². The maximum Gasteiger partial charge on any atom is 0.150 e. The van der Waals surface area contributed by atoms with Crippen molar-refractivity contribution in [1.82, 2.24) is 4.90 Å². The number of aldehydes is 3. The number of aryl methyl sites for hydroxylation is 1. The van der Waals surface area contributed by atoms with Gasteiger partial charge in [-0.05, 0) is 31.0 Å². The highest BCUT2D eigenvalue weighted by atomic mass is 16.1. The predicted octanol–water partition coefficient (Wildman–Crippen LogP) is 2.43. The zero-order chi connectivity index (χ0) is 15.7. The average Bonchev–Trinajstić information content (AvgIpc) is 2.50. The fourth-order valence-corrected chi connectivity index (χ4v) is 2.46. The van der Waals surface area contributed by atoms with Gasteiger partial charge >= 0.3 is 0 Å². The van der Waals surface area contributed by atoms with E-state index in [0.29, 0.717) is 24.9 Å². The Morgan fingerprint density at radius 2 is 2.00 bits per heavy atom. The summed E-state index contributed by atoms with van der Waals surface area (Å²) in [5.74, 6) is 0. The zero-order valence-corrected chi connectivity index (χ0v) is 12.7. The van der Waals surface area contributed by atoms with Gasteiger partial charge in [0.05, 0.1) is 6.04 Å². The summed E-state index contributed by atoms with van der Waals surface area (Å²) in [4.78, 5) is 34.8. The number of rotatable bonds is 10. The summed E-state index contributed by atoms with van der Waals surface area (Å²) in [6, 6.07) is 5.42. The molecule has 4 heteroatoms. The highest BCUT2D eigenvalue weighted by Crippen LogP contribution is 2.19. The Morgan fingerprint density at radius 1 is 1.24 bits per heavy atom. The van der Waals surface area contributed by atoms with E-state index >= 15 is 0 Å². The van der Waals surface area contributed by atoms with Crippen LogP contribution in [0.25, 0.3) is 0 Å². The molecular formula is C17H23NO3. The van der Waals surface area contributed by atoms with E-state index in [1.807, 2.05) is 24.1 Å². The number of carbonyl (C=O) groups excluding carboxylic acids is 3. The lowest BCUT2D eigenvalue weighted by atomic mass is 9.97. The Bertz CT molecular complexity index is 485. The lowest BCUT2D eigenvalue weighted by Crippen LogP contribution is -2.33. The van der Waals surface area contributed by atoms with Crippen molar-refractivity contribution in [2.45, 2.75) is 45.2 Å². The molecule has 1 atom stereocenters. The molecule has 0 saturated carbocycles. The van der Waals surface area contributed by atoms with Gasteiger partial charge in [0, 0.05) is 18.5 Å². The van der Waals surface area contributed by atoms with E-state index in [4.69, 9.17) is 0 Å². The van der Waals surface area contributed by atoms with Crippen LogP contribution in [0.4, 0.5) is 0 Å². The van der Waals surface area contributed by atoms with Crippen LogP contribution < -0.4 is 0 Å². The maximum absolute atomic E-state index is 11.2. The fourth-order valence-electron chi connectivity index (χ4n) is 2.46. The number of hydrogen-bond acceptors (Lipinski definition) is 4. The van der Waals surface area contributed by atoms with Crippen molar-refractivity contribution >= 4 is 18.9 Å². The molecule has 114 valence electrons. The minimum absolute atomic E-state index is 0.301. The van der Waals surface area contributed by atoms with Gasteiger partial charge in [0.25, 0.3) is 0 Å². The van der Waals surface area contributed by atoms with Crippen molar-refractivity contribution in [2.24, 2.45) is 0 Å². The highest BCUT2D eigenvalue weighted by Gasteiger charge is 2.17. The van der Waals surface area contributed by atoms with Crippen LogP contribution in [0.3, 0.4) is 0 Å². The van der Waals surface area contributed by atoms with Gasteiger partial charge in [0.2, 0.25) is 0 Å². The van der Waals surface area contributed by atoms with Crippen LogP contribution in [0.15, 0.2) is 18.2 Å². The third-order valence-electron chi connectivity index (χ3n) is 3.67. The van der Waals surface area contributed by atoms with E-state index in [1.54, 1.807) is 6.07 Å². The monoisotopic (exact) mass is 289 g/mol. The summed E-state index contributed by atoms with van der Waals surface area (Å²) in [7, 11) is 1.85. The summed E-state index contributed by atoms with van der Waals surface area (Å²) in [6.45, 7) is 2.63. The van der Waals surface area contributed by atoms with Crippen molar-refractivity contribution in [3.05, 3.63) is 34.9 Å². The smallest absolute Gasteiger partial charge is 0.150 e. The van der Waals surface area contributed by atoms with Gasteiger partial charge in [-0.1, -0.05) is 31.5 Å². The van der Waals surface area contributed by atoms with Gasteiger partial charge in [-0.15, -0.1) is 0 Å². The summed E-state index contributed by atoms with van der Waals surface area (Å²) < 4.78 is 0. The van der Waals surface area contributed by atoms with E-state index < -0.39 is 0 Å². The molecule has 0 aliphatic heterocycles. The molecular weight excluding hydrogens is 266 g/mol. The molecule has 0 bridgehead atoms. The molecule has 0 aliphatic carbocycles. The molecule has 21 heavy (non-hydrogen) atoms. The number of carbonyl (C=O) groups is 3. The van der Waals surface area contributed by atoms with Crippen molar-refractivity contribution in [1.29, 1.82) is 0 Å². The Morgan fingerprint density at radius 3 is 2.57 bits per heavy atom. The second kappa shape index (κ2) is 9.19. The van der Waals surface area contributed by atoms with Gasteiger partial charge in [0.15, 0.2) is 0 Å². The number of benzene rings is 1. The minimum Gasteiger partial charge on any atom is -0.303 e. The second-order valence-electron chi connectivity index (χ2n) is 5.22. The maximum atomic E-state index is 11.2. The molecule has 1 rings (SSSR count). The van der Waals surface area contributed by atoms with Gasteiger partial charge in [-0.2, -0.15) is 0 Å². The first-order valence-corrected chi connectivity index (χ1v) is 7.33. The number of hydrogen-bond donors (Lipinski definition) is 0. The molecule has 1 unspecified atom stereocenters. The van der Waals surface area contributed by atoms with Crippen molar-refractivity contribution in [2.75, 3.05) is 7.05 Å². The first-order valence-electron chi connectivity index (χ1n) is 7.33. The molecule has 0 heterocycles. The molecule has 0 amide bonds. The van der Waals surface area contributed by atoms with Crippen LogP contribution >= 0.6 is 0 Å². The van der Waals surface area contributed by atoms with Crippen LogP contribution in [-0.2, 0) is 22.6 Å². The molecule has 0 radical (unpaired) electrons. The Hall–Kier alpha value is -1.81. The summed E-state index contributed by atoms with van der Waals surface area (Å²) in [5.41, 5.74) is 2.80. The van der Waals surface area contributed by atoms with Gasteiger partial charge < -0.3 is 9.59 Å². The first kappa shape index (κ1) is 17.2. The zero-order valence-electron chi connectivity index (χ0n) is 12.7. The van der Waals surface area contributed by atoms with E-state index in [0.717, 1.165) is 42.8 Å². The lowest BCUT2D eigenvalue weighted by molar-refractivity contribution is -0.113. The van der Waals surface area contributed by atoms with Gasteiger partial charge in [-0.25, -0.2) is 0 Å². The molecule has 0 N–H and O–H groups in total. The standard InChI is InChI=1S/C17H23NO3/c1-3-6-14-7-4-8-15(12-20)17(14)11-18(2)16(13-21)9-5-10-19/h4,7-8,10,12-13,16H,3,5-6,9,11H2,1-2H3. The third-order valence-corrected chi connectivity index (χ3v) is 3.67. The molecule has 0 aromatic heterocycles. The normalized spacial score (nSPS) is 12.1. The SMILES string of the molecule is CCCc1cccc(C=O)c1CN(C)C(C=O)CCC=O. The van der Waals surface area contributed by atoms with Gasteiger partial charge in [0.1, 0.15) is 18.9 Å². The molecule has 0 saturated heterocycles. The molecule has 0 fully saturated rings. The number of nitrogens with zero attached hydrogens (tertiary/aromatic N) is 1. The van der Waals surface area contributed by atoms with Crippen LogP contribution in [0.1, 0.15) is 47.7 Å². The Balaban J connectivity index is 2.95. The predicted molar refractivity (Wildman–Crippen MR) is 82.4 cm³/mol. The van der Waals surface area contributed by atoms with E-state index in [2.05, 4.69) is 6.92 Å².